The van der Waals surface area contributed by atoms with Gasteiger partial charge in [-0.3, -0.25) is 4.99 Å². The van der Waals surface area contributed by atoms with Crippen LogP contribution in [0.3, 0.4) is 0 Å². The summed E-state index contributed by atoms with van der Waals surface area (Å²) < 4.78 is 35.7. The van der Waals surface area contributed by atoms with Crippen molar-refractivity contribution in [1.82, 2.24) is 10.6 Å². The third-order valence-corrected chi connectivity index (χ3v) is 2.31. The molecule has 0 saturated heterocycles. The van der Waals surface area contributed by atoms with Crippen LogP contribution in [-0.2, 0) is 0 Å². The number of aliphatic imine (C=N–C) groups is 1. The second-order valence-electron chi connectivity index (χ2n) is 4.11. The molecule has 0 aromatic heterocycles. The Morgan fingerprint density at radius 3 is 2.26 bits per heavy atom. The van der Waals surface area contributed by atoms with Crippen molar-refractivity contribution >= 4 is 29.9 Å². The van der Waals surface area contributed by atoms with Crippen molar-refractivity contribution in [1.29, 1.82) is 0 Å². The molecule has 0 fully saturated rings. The number of halogens is 4. The molecule has 0 heterocycles. The van der Waals surface area contributed by atoms with E-state index >= 15 is 0 Å². The molecule has 0 amide bonds. The zero-order valence-electron chi connectivity index (χ0n) is 11.6. The van der Waals surface area contributed by atoms with E-state index in [0.717, 1.165) is 25.9 Å². The van der Waals surface area contributed by atoms with Crippen LogP contribution in [-0.4, -0.2) is 31.8 Å². The lowest BCUT2D eigenvalue weighted by Crippen LogP contribution is -2.37. The van der Waals surface area contributed by atoms with Gasteiger partial charge >= 0.3 is 6.18 Å². The van der Waals surface area contributed by atoms with Crippen LogP contribution in [0.15, 0.2) is 4.99 Å². The standard InChI is InChI=1S/C12H24F3N3.HI/c1-3-5-9-17-11(16-4-2)18-10-7-6-8-12(13,14)15;/h3-10H2,1-2H3,(H2,16,17,18);1H. The van der Waals surface area contributed by atoms with Crippen LogP contribution in [0.4, 0.5) is 13.2 Å². The molecule has 0 radical (unpaired) electrons. The van der Waals surface area contributed by atoms with E-state index in [1.807, 2.05) is 6.92 Å². The van der Waals surface area contributed by atoms with Crippen LogP contribution in [0.5, 0.6) is 0 Å². The maximum atomic E-state index is 11.9. The number of rotatable bonds is 8. The molecule has 2 N–H and O–H groups in total. The van der Waals surface area contributed by atoms with Gasteiger partial charge in [-0.25, -0.2) is 0 Å². The van der Waals surface area contributed by atoms with Crippen molar-refractivity contribution in [2.75, 3.05) is 19.6 Å². The first kappa shape index (κ1) is 21.1. The normalized spacial score (nSPS) is 11.9. The summed E-state index contributed by atoms with van der Waals surface area (Å²) in [6.45, 7) is 6.08. The van der Waals surface area contributed by atoms with E-state index in [1.165, 1.54) is 0 Å². The van der Waals surface area contributed by atoms with E-state index in [0.29, 0.717) is 18.9 Å². The lowest BCUT2D eigenvalue weighted by atomic mass is 10.2. The Balaban J connectivity index is 0. The highest BCUT2D eigenvalue weighted by molar-refractivity contribution is 14.0. The van der Waals surface area contributed by atoms with Gasteiger partial charge in [-0.15, -0.1) is 24.0 Å². The molecule has 0 aromatic rings. The van der Waals surface area contributed by atoms with Crippen LogP contribution in [0, 0.1) is 0 Å². The van der Waals surface area contributed by atoms with Gasteiger partial charge in [0.15, 0.2) is 5.96 Å². The minimum atomic E-state index is -4.05. The second-order valence-corrected chi connectivity index (χ2v) is 4.11. The Kier molecular flexibility index (Phi) is 14.2. The first-order valence-electron chi connectivity index (χ1n) is 6.58. The van der Waals surface area contributed by atoms with Crippen molar-refractivity contribution in [3.8, 4) is 0 Å². The Hall–Kier alpha value is -0.210. The number of unbranched alkanes of at least 4 members (excludes halogenated alkanes) is 2. The van der Waals surface area contributed by atoms with Crippen molar-refractivity contribution < 1.29 is 13.2 Å². The van der Waals surface area contributed by atoms with Crippen molar-refractivity contribution in [3.05, 3.63) is 0 Å². The molecule has 0 rings (SSSR count). The molecule has 0 bridgehead atoms. The summed E-state index contributed by atoms with van der Waals surface area (Å²) in [5.41, 5.74) is 0. The highest BCUT2D eigenvalue weighted by atomic mass is 127. The van der Waals surface area contributed by atoms with E-state index in [4.69, 9.17) is 0 Å². The number of nitrogens with one attached hydrogen (secondary N) is 2. The topological polar surface area (TPSA) is 36.4 Å². The fourth-order valence-corrected chi connectivity index (χ4v) is 1.35. The van der Waals surface area contributed by atoms with Crippen molar-refractivity contribution in [2.45, 2.75) is 52.1 Å². The predicted octanol–water partition coefficient (Wildman–Crippen LogP) is 3.69. The van der Waals surface area contributed by atoms with E-state index in [-0.39, 0.29) is 30.4 Å². The quantitative estimate of drug-likeness (QED) is 0.285. The molecule has 0 unspecified atom stereocenters. The van der Waals surface area contributed by atoms with Gasteiger partial charge in [0.1, 0.15) is 0 Å². The van der Waals surface area contributed by atoms with E-state index < -0.39 is 12.6 Å². The van der Waals surface area contributed by atoms with Gasteiger partial charge in [0, 0.05) is 26.1 Å². The maximum Gasteiger partial charge on any atom is 0.389 e. The van der Waals surface area contributed by atoms with Crippen molar-refractivity contribution in [3.63, 3.8) is 0 Å². The van der Waals surface area contributed by atoms with Crippen LogP contribution >= 0.6 is 24.0 Å². The molecule has 0 aliphatic carbocycles. The molecule has 0 aromatic carbocycles. The van der Waals surface area contributed by atoms with Gasteiger partial charge in [-0.1, -0.05) is 13.3 Å². The van der Waals surface area contributed by atoms with Gasteiger partial charge in [-0.2, -0.15) is 13.2 Å². The summed E-state index contributed by atoms with van der Waals surface area (Å²) in [6.07, 6.45) is -2.02. The molecule has 0 saturated carbocycles. The first-order chi connectivity index (χ1) is 8.49. The zero-order chi connectivity index (χ0) is 13.9. The molecule has 0 atom stereocenters. The lowest BCUT2D eigenvalue weighted by molar-refractivity contribution is -0.135. The second kappa shape index (κ2) is 12.8. The molecule has 0 aliphatic rings. The lowest BCUT2D eigenvalue weighted by Gasteiger charge is -2.10. The summed E-state index contributed by atoms with van der Waals surface area (Å²) in [5.74, 6) is 0.693. The van der Waals surface area contributed by atoms with Gasteiger partial charge in [0.2, 0.25) is 0 Å². The minimum absolute atomic E-state index is 0. The highest BCUT2D eigenvalue weighted by Crippen LogP contribution is 2.21. The number of hydrogen-bond acceptors (Lipinski definition) is 1. The monoisotopic (exact) mass is 395 g/mol. The van der Waals surface area contributed by atoms with Crippen LogP contribution in [0.1, 0.15) is 46.0 Å². The van der Waals surface area contributed by atoms with Crippen LogP contribution in [0.2, 0.25) is 0 Å². The Morgan fingerprint density at radius 1 is 1.05 bits per heavy atom. The molecule has 116 valence electrons. The number of guanidine groups is 1. The van der Waals surface area contributed by atoms with Gasteiger partial charge in [-0.05, 0) is 26.2 Å². The minimum Gasteiger partial charge on any atom is -0.357 e. The molecule has 3 nitrogen and oxygen atoms in total. The largest absolute Gasteiger partial charge is 0.389 e. The molecular formula is C12H25F3IN3. The first-order valence-corrected chi connectivity index (χ1v) is 6.58. The third kappa shape index (κ3) is 15.7. The number of alkyl halides is 3. The summed E-state index contributed by atoms with van der Waals surface area (Å²) in [4.78, 5) is 4.23. The average molecular weight is 395 g/mol. The Bertz CT molecular complexity index is 233. The van der Waals surface area contributed by atoms with E-state index in [9.17, 15) is 13.2 Å². The Labute approximate surface area is 130 Å². The third-order valence-electron chi connectivity index (χ3n) is 2.31. The molecular weight excluding hydrogens is 370 g/mol. The van der Waals surface area contributed by atoms with Gasteiger partial charge in [0.05, 0.1) is 0 Å². The number of hydrogen-bond donors (Lipinski definition) is 2. The fourth-order valence-electron chi connectivity index (χ4n) is 1.35. The summed E-state index contributed by atoms with van der Waals surface area (Å²) in [7, 11) is 0. The fraction of sp³-hybridized carbons (Fsp3) is 0.917. The zero-order valence-corrected chi connectivity index (χ0v) is 14.0. The smallest absolute Gasteiger partial charge is 0.357 e. The summed E-state index contributed by atoms with van der Waals surface area (Å²) in [6, 6.07) is 0. The van der Waals surface area contributed by atoms with Gasteiger partial charge in [0.25, 0.3) is 0 Å². The highest BCUT2D eigenvalue weighted by Gasteiger charge is 2.25. The summed E-state index contributed by atoms with van der Waals surface area (Å²) in [5, 5.41) is 6.21. The molecule has 7 heteroatoms. The number of nitrogens with zero attached hydrogens (tertiary/aromatic N) is 1. The van der Waals surface area contributed by atoms with Crippen LogP contribution in [0.25, 0.3) is 0 Å². The SMILES string of the molecule is CCCCNC(=NCCCCC(F)(F)F)NCC.I. The molecule has 19 heavy (non-hydrogen) atoms. The Morgan fingerprint density at radius 2 is 1.74 bits per heavy atom. The van der Waals surface area contributed by atoms with Crippen LogP contribution < -0.4 is 10.6 Å². The summed E-state index contributed by atoms with van der Waals surface area (Å²) >= 11 is 0. The van der Waals surface area contributed by atoms with Crippen molar-refractivity contribution in [2.24, 2.45) is 4.99 Å². The predicted molar refractivity (Wildman–Crippen MR) is 84.2 cm³/mol. The maximum absolute atomic E-state index is 11.9. The van der Waals surface area contributed by atoms with Gasteiger partial charge < -0.3 is 10.6 Å². The molecule has 0 spiro atoms. The average Bonchev–Trinajstić information content (AvgIpc) is 2.27. The molecule has 0 aliphatic heterocycles. The van der Waals surface area contributed by atoms with E-state index in [1.54, 1.807) is 0 Å². The van der Waals surface area contributed by atoms with E-state index in [2.05, 4.69) is 22.5 Å².